The summed E-state index contributed by atoms with van der Waals surface area (Å²) in [6.45, 7) is 12.2. The highest BCUT2D eigenvalue weighted by molar-refractivity contribution is 8.23. The molecule has 0 rings (SSSR count). The molecule has 0 spiro atoms. The van der Waals surface area contributed by atoms with Crippen LogP contribution in [0.4, 0.5) is 0 Å². The van der Waals surface area contributed by atoms with Crippen LogP contribution in [-0.4, -0.2) is 49.7 Å². The largest absolute Gasteiger partial charge is 0.341 e. The molecule has 0 aliphatic carbocycles. The Morgan fingerprint density at radius 2 is 0.897 bits per heavy atom. The lowest BCUT2D eigenvalue weighted by molar-refractivity contribution is 0.275. The third-order valence-electron chi connectivity index (χ3n) is 5.09. The molecule has 0 saturated heterocycles. The summed E-state index contributed by atoms with van der Waals surface area (Å²) in [5.41, 5.74) is 0. The van der Waals surface area contributed by atoms with Gasteiger partial charge in [0.1, 0.15) is 8.64 Å². The van der Waals surface area contributed by atoms with E-state index < -0.39 is 0 Å². The van der Waals surface area contributed by atoms with Crippen molar-refractivity contribution in [2.45, 2.75) is 105 Å². The van der Waals surface area contributed by atoms with E-state index in [-0.39, 0.29) is 0 Å². The van der Waals surface area contributed by atoms with Gasteiger partial charge in [-0.15, -0.1) is 0 Å². The van der Waals surface area contributed by atoms with E-state index in [2.05, 4.69) is 37.5 Å². The molecule has 0 atom stereocenters. The summed E-state index contributed by atoms with van der Waals surface area (Å²) in [4.78, 5) is 4.98. The van der Waals surface area contributed by atoms with Gasteiger partial charge in [0.05, 0.1) is 6.67 Å². The summed E-state index contributed by atoms with van der Waals surface area (Å²) in [7, 11) is 0. The zero-order valence-electron chi connectivity index (χ0n) is 19.7. The summed E-state index contributed by atoms with van der Waals surface area (Å²) in [6.07, 6.45) is 15.4. The fourth-order valence-corrected chi connectivity index (χ4v) is 6.15. The highest BCUT2D eigenvalue weighted by Gasteiger charge is 2.15. The number of rotatable bonds is 18. The second-order valence-electron chi connectivity index (χ2n) is 7.96. The van der Waals surface area contributed by atoms with Crippen molar-refractivity contribution in [1.29, 1.82) is 0 Å². The lowest BCUT2D eigenvalue weighted by atomic mass is 10.2. The molecule has 0 bridgehead atoms. The molecule has 0 saturated carbocycles. The topological polar surface area (TPSA) is 6.48 Å². The maximum Gasteiger partial charge on any atom is 0.115 e. The van der Waals surface area contributed by atoms with E-state index in [0.717, 1.165) is 43.3 Å². The Balaban J connectivity index is 4.86. The van der Waals surface area contributed by atoms with Gasteiger partial charge in [-0.25, -0.2) is 23.5 Å². The van der Waals surface area contributed by atoms with Gasteiger partial charge in [0.25, 0.3) is 0 Å². The molecule has 2 nitrogen and oxygen atoms in total. The van der Waals surface area contributed by atoms with Gasteiger partial charge in [-0.1, -0.05) is 103 Å². The Morgan fingerprint density at radius 1 is 0.552 bits per heavy atom. The van der Waals surface area contributed by atoms with Crippen LogP contribution in [-0.2, 0) is 0 Å². The second-order valence-corrected chi connectivity index (χ2v) is 12.1. The average molecular weight is 483 g/mol. The van der Waals surface area contributed by atoms with Crippen molar-refractivity contribution in [2.24, 2.45) is 0 Å². The van der Waals surface area contributed by atoms with Crippen molar-refractivity contribution in [1.82, 2.24) is 9.80 Å². The van der Waals surface area contributed by atoms with Crippen LogP contribution in [0, 0.1) is 0 Å². The monoisotopic (exact) mass is 482 g/mol. The first-order chi connectivity index (χ1) is 14.1. The van der Waals surface area contributed by atoms with E-state index in [0.29, 0.717) is 0 Å². The number of unbranched alkanes of at least 4 members (excludes halogenated alkanes) is 8. The summed E-state index contributed by atoms with van der Waals surface area (Å²) < 4.78 is 2.38. The van der Waals surface area contributed by atoms with Gasteiger partial charge in [0, 0.05) is 13.1 Å². The molecule has 0 radical (unpaired) electrons. The molecule has 0 N–H and O–H groups in total. The smallest absolute Gasteiger partial charge is 0.115 e. The van der Waals surface area contributed by atoms with Crippen LogP contribution in [0.3, 0.4) is 0 Å². The Hall–Kier alpha value is 0.480. The maximum absolute atomic E-state index is 5.91. The number of nitrogens with zero attached hydrogens (tertiary/aromatic N) is 2. The third kappa shape index (κ3) is 16.8. The van der Waals surface area contributed by atoms with Gasteiger partial charge >= 0.3 is 0 Å². The first kappa shape index (κ1) is 29.5. The van der Waals surface area contributed by atoms with Gasteiger partial charge in [0.2, 0.25) is 0 Å². The quantitative estimate of drug-likeness (QED) is 0.115. The van der Waals surface area contributed by atoms with Gasteiger partial charge in [-0.3, -0.25) is 0 Å². The highest BCUT2D eigenvalue weighted by Crippen LogP contribution is 2.18. The van der Waals surface area contributed by atoms with Crippen LogP contribution in [0.25, 0.3) is 0 Å². The van der Waals surface area contributed by atoms with Crippen molar-refractivity contribution in [3.63, 3.8) is 0 Å². The molecule has 0 heterocycles. The normalized spacial score (nSPS) is 12.3. The van der Waals surface area contributed by atoms with Gasteiger partial charge in [-0.2, -0.15) is 0 Å². The number of hydrogen-bond donors (Lipinski definition) is 0. The lowest BCUT2D eigenvalue weighted by Gasteiger charge is -2.34. The fraction of sp³-hybridized carbons (Fsp3) is 0.913. The van der Waals surface area contributed by atoms with E-state index in [1.807, 2.05) is 0 Å². The summed E-state index contributed by atoms with van der Waals surface area (Å²) in [5, 5.41) is 0. The minimum absolute atomic E-state index is 0.794. The summed E-state index contributed by atoms with van der Waals surface area (Å²) in [6, 6.07) is 0. The van der Waals surface area contributed by atoms with Gasteiger partial charge < -0.3 is 9.80 Å². The van der Waals surface area contributed by atoms with Crippen molar-refractivity contribution < 1.29 is 0 Å². The van der Waals surface area contributed by atoms with E-state index in [1.54, 1.807) is 0 Å². The zero-order chi connectivity index (χ0) is 21.7. The Morgan fingerprint density at radius 3 is 1.24 bits per heavy atom. The summed E-state index contributed by atoms with van der Waals surface area (Å²) in [5.74, 6) is 2.52. The molecule has 0 unspecified atom stereocenters. The SMILES string of the molecule is CCCCC[SH2]C(=S)N(CCCCC)CN(CCCCC)C(=S)[SH2]CCCCC. The van der Waals surface area contributed by atoms with Gasteiger partial charge in [-0.05, 0) is 37.2 Å². The van der Waals surface area contributed by atoms with Crippen LogP contribution in [0.1, 0.15) is 105 Å². The molecule has 29 heavy (non-hydrogen) atoms. The third-order valence-corrected chi connectivity index (χ3v) is 8.92. The van der Waals surface area contributed by atoms with Crippen molar-refractivity contribution in [3.05, 3.63) is 0 Å². The first-order valence-corrected chi connectivity index (χ1v) is 15.4. The molecular weight excluding hydrogens is 433 g/mol. The molecule has 6 heteroatoms. The molecule has 176 valence electrons. The van der Waals surface area contributed by atoms with Crippen LogP contribution >= 0.6 is 48.0 Å². The van der Waals surface area contributed by atoms with Crippen LogP contribution in [0.5, 0.6) is 0 Å². The lowest BCUT2D eigenvalue weighted by Crippen LogP contribution is -2.42. The van der Waals surface area contributed by atoms with Crippen LogP contribution in [0.2, 0.25) is 0 Å². The predicted octanol–water partition coefficient (Wildman–Crippen LogP) is 7.27. The number of thiocarbonyl (C=S) groups is 2. The van der Waals surface area contributed by atoms with Crippen molar-refractivity contribution in [2.75, 3.05) is 31.3 Å². The predicted molar refractivity (Wildman–Crippen MR) is 152 cm³/mol. The van der Waals surface area contributed by atoms with Crippen LogP contribution in [0.15, 0.2) is 0 Å². The maximum atomic E-state index is 5.91. The fourth-order valence-electron chi connectivity index (χ4n) is 3.15. The first-order valence-electron chi connectivity index (χ1n) is 12.2. The minimum Gasteiger partial charge on any atom is -0.341 e. The molecule has 0 amide bonds. The molecule has 0 aromatic rings. The van der Waals surface area contributed by atoms with Crippen molar-refractivity contribution >= 4 is 56.6 Å². The molecule has 0 aromatic carbocycles. The second kappa shape index (κ2) is 21.7. The zero-order valence-corrected chi connectivity index (χ0v) is 23.4. The average Bonchev–Trinajstić information content (AvgIpc) is 2.72. The Labute approximate surface area is 201 Å². The highest BCUT2D eigenvalue weighted by atomic mass is 32.2. The van der Waals surface area contributed by atoms with Gasteiger partial charge in [0.15, 0.2) is 0 Å². The summed E-state index contributed by atoms with van der Waals surface area (Å²) >= 11 is 13.4. The number of hydrogen-bond acceptors (Lipinski definition) is 2. The molecule has 0 aromatic heterocycles. The Kier molecular flexibility index (Phi) is 22.1. The molecule has 0 aliphatic rings. The van der Waals surface area contributed by atoms with E-state index >= 15 is 0 Å². The molecule has 0 aliphatic heterocycles. The standard InChI is InChI=1S/C23H50N2S4/c1-5-9-13-17-24(22(26)28-19-15-11-7-3)21-25(18-14-10-6-2)23(27)29-20-16-12-8-4/h5-21,28-29H2,1-4H3. The van der Waals surface area contributed by atoms with E-state index in [9.17, 15) is 0 Å². The van der Waals surface area contributed by atoms with E-state index in [4.69, 9.17) is 24.4 Å². The van der Waals surface area contributed by atoms with Crippen LogP contribution < -0.4 is 0 Å². The minimum atomic E-state index is 0.794. The molecule has 0 fully saturated rings. The Bertz CT molecular complexity index is 368. The molecular formula is C23H50N2S4. The van der Waals surface area contributed by atoms with Crippen molar-refractivity contribution in [3.8, 4) is 0 Å². The van der Waals surface area contributed by atoms with E-state index in [1.165, 1.54) is 97.2 Å².